The molecule has 0 spiro atoms. The largest absolute Gasteiger partial charge is 0.251 e. The minimum Gasteiger partial charge on any atom is -0.251 e. The molecule has 0 unspecified atom stereocenters. The van der Waals surface area contributed by atoms with Gasteiger partial charge in [-0.3, -0.25) is 4.68 Å². The van der Waals surface area contributed by atoms with Gasteiger partial charge in [0, 0.05) is 11.6 Å². The molecule has 0 aliphatic carbocycles. The van der Waals surface area contributed by atoms with Crippen LogP contribution in [0.3, 0.4) is 0 Å². The summed E-state index contributed by atoms with van der Waals surface area (Å²) in [5.41, 5.74) is 2.23. The lowest BCUT2D eigenvalue weighted by Crippen LogP contribution is -2.02. The summed E-state index contributed by atoms with van der Waals surface area (Å²) in [6, 6.07) is 0.332. The van der Waals surface area contributed by atoms with Gasteiger partial charge in [-0.15, -0.1) is 0 Å². The molecule has 1 aromatic heterocycles. The Morgan fingerprint density at radius 3 is 2.00 bits per heavy atom. The highest BCUT2D eigenvalue weighted by atomic mass is 35.5. The number of hydrogen-bond donors (Lipinski definition) is 0. The number of rotatable bonds is 2. The fourth-order valence-electron chi connectivity index (χ4n) is 1.53. The molecule has 0 aliphatic rings. The maximum absolute atomic E-state index is 6.22. The van der Waals surface area contributed by atoms with Gasteiger partial charge in [0.15, 0.2) is 0 Å². The molecular weight excluding hydrogens is 184 g/mol. The van der Waals surface area contributed by atoms with Gasteiger partial charge < -0.3 is 0 Å². The molecule has 0 aromatic carbocycles. The van der Waals surface area contributed by atoms with Crippen molar-refractivity contribution in [2.75, 3.05) is 0 Å². The predicted octanol–water partition coefficient (Wildman–Crippen LogP) is 3.55. The number of aromatic nitrogens is 2. The fraction of sp³-hybridized carbons (Fsp3) is 0.700. The molecule has 2 nitrogen and oxygen atoms in total. The maximum Gasteiger partial charge on any atom is 0.131 e. The number of nitrogens with zero attached hydrogens (tertiary/aromatic N) is 2. The molecule has 0 N–H and O–H groups in total. The number of halogens is 1. The second-order valence-corrected chi connectivity index (χ2v) is 4.34. The van der Waals surface area contributed by atoms with Crippen molar-refractivity contribution in [2.45, 2.75) is 46.6 Å². The second kappa shape index (κ2) is 3.70. The van der Waals surface area contributed by atoms with Gasteiger partial charge in [0.05, 0.1) is 5.69 Å². The van der Waals surface area contributed by atoms with E-state index in [9.17, 15) is 0 Å². The van der Waals surface area contributed by atoms with Crippen LogP contribution in [0.5, 0.6) is 0 Å². The lowest BCUT2D eigenvalue weighted by Gasteiger charge is -2.08. The van der Waals surface area contributed by atoms with Crippen LogP contribution < -0.4 is 0 Å². The number of hydrogen-bond acceptors (Lipinski definition) is 1. The summed E-state index contributed by atoms with van der Waals surface area (Å²) in [7, 11) is 0. The van der Waals surface area contributed by atoms with Crippen LogP contribution in [0.4, 0.5) is 0 Å². The van der Waals surface area contributed by atoms with Crippen LogP contribution in [0.1, 0.15) is 50.9 Å². The zero-order valence-electron chi connectivity index (χ0n) is 8.93. The van der Waals surface area contributed by atoms with Crippen LogP contribution >= 0.6 is 11.6 Å². The first-order valence-electron chi connectivity index (χ1n) is 4.69. The van der Waals surface area contributed by atoms with Crippen LogP contribution in [-0.4, -0.2) is 9.78 Å². The molecule has 1 rings (SSSR count). The van der Waals surface area contributed by atoms with Crippen molar-refractivity contribution in [1.82, 2.24) is 9.78 Å². The minimum atomic E-state index is 0.332. The van der Waals surface area contributed by atoms with Crippen LogP contribution in [0.25, 0.3) is 0 Å². The first-order valence-corrected chi connectivity index (χ1v) is 5.07. The third-order valence-electron chi connectivity index (χ3n) is 2.14. The molecule has 0 saturated carbocycles. The van der Waals surface area contributed by atoms with Crippen LogP contribution in [0, 0.1) is 6.92 Å². The quantitative estimate of drug-likeness (QED) is 0.714. The summed E-state index contributed by atoms with van der Waals surface area (Å²) in [5.74, 6) is 0.444. The molecule has 1 heterocycles. The Morgan fingerprint density at radius 2 is 1.77 bits per heavy atom. The molecular formula is C10H17ClN2. The van der Waals surface area contributed by atoms with Crippen molar-refractivity contribution in [3.8, 4) is 0 Å². The average molecular weight is 201 g/mol. The van der Waals surface area contributed by atoms with Crippen molar-refractivity contribution < 1.29 is 0 Å². The van der Waals surface area contributed by atoms with Crippen molar-refractivity contribution >= 4 is 11.6 Å². The van der Waals surface area contributed by atoms with E-state index < -0.39 is 0 Å². The van der Waals surface area contributed by atoms with Crippen LogP contribution in [-0.2, 0) is 0 Å². The summed E-state index contributed by atoms with van der Waals surface area (Å²) < 4.78 is 1.88. The van der Waals surface area contributed by atoms with Gasteiger partial charge in [-0.2, -0.15) is 5.10 Å². The Hall–Kier alpha value is -0.500. The zero-order chi connectivity index (χ0) is 10.2. The first-order chi connectivity index (χ1) is 5.95. The summed E-state index contributed by atoms with van der Waals surface area (Å²) in [6.45, 7) is 10.5. The Morgan fingerprint density at radius 1 is 1.23 bits per heavy atom. The molecule has 0 bridgehead atoms. The van der Waals surface area contributed by atoms with Crippen molar-refractivity contribution in [3.63, 3.8) is 0 Å². The summed E-state index contributed by atoms with van der Waals surface area (Å²) >= 11 is 6.22. The van der Waals surface area contributed by atoms with E-state index in [1.807, 2.05) is 11.6 Å². The Balaban J connectivity index is 3.22. The van der Waals surface area contributed by atoms with Crippen LogP contribution in [0.2, 0.25) is 5.15 Å². The normalized spacial score (nSPS) is 11.7. The smallest absolute Gasteiger partial charge is 0.131 e. The summed E-state index contributed by atoms with van der Waals surface area (Å²) in [5, 5.41) is 5.21. The van der Waals surface area contributed by atoms with Crippen LogP contribution in [0.15, 0.2) is 0 Å². The van der Waals surface area contributed by atoms with Crippen molar-refractivity contribution in [1.29, 1.82) is 0 Å². The fourth-order valence-corrected chi connectivity index (χ4v) is 2.12. The molecule has 74 valence electrons. The summed E-state index contributed by atoms with van der Waals surface area (Å²) in [4.78, 5) is 0. The topological polar surface area (TPSA) is 17.8 Å². The molecule has 1 aromatic rings. The van der Waals surface area contributed by atoms with E-state index in [4.69, 9.17) is 11.6 Å². The molecule has 0 fully saturated rings. The zero-order valence-corrected chi connectivity index (χ0v) is 9.68. The Bertz CT molecular complexity index is 300. The average Bonchev–Trinajstić information content (AvgIpc) is 2.26. The molecule has 3 heteroatoms. The predicted molar refractivity (Wildman–Crippen MR) is 56.4 cm³/mol. The minimum absolute atomic E-state index is 0.332. The van der Waals surface area contributed by atoms with Gasteiger partial charge >= 0.3 is 0 Å². The van der Waals surface area contributed by atoms with Gasteiger partial charge in [-0.1, -0.05) is 25.4 Å². The van der Waals surface area contributed by atoms with Gasteiger partial charge in [0.1, 0.15) is 5.15 Å². The Kier molecular flexibility index (Phi) is 3.01. The Labute approximate surface area is 84.9 Å². The lowest BCUT2D eigenvalue weighted by molar-refractivity contribution is 0.529. The summed E-state index contributed by atoms with van der Waals surface area (Å²) in [6.07, 6.45) is 0. The molecule has 0 radical (unpaired) electrons. The van der Waals surface area contributed by atoms with Gasteiger partial charge in [0.25, 0.3) is 0 Å². The van der Waals surface area contributed by atoms with E-state index in [2.05, 4.69) is 32.8 Å². The highest BCUT2D eigenvalue weighted by Gasteiger charge is 2.17. The third kappa shape index (κ3) is 1.88. The lowest BCUT2D eigenvalue weighted by atomic mass is 10.1. The maximum atomic E-state index is 6.22. The highest BCUT2D eigenvalue weighted by molar-refractivity contribution is 6.30. The van der Waals surface area contributed by atoms with Gasteiger partial charge in [-0.05, 0) is 26.7 Å². The highest BCUT2D eigenvalue weighted by Crippen LogP contribution is 2.29. The molecule has 0 saturated heterocycles. The van der Waals surface area contributed by atoms with Crippen molar-refractivity contribution in [3.05, 3.63) is 16.4 Å². The SMILES string of the molecule is Cc1nn(C(C)C)c(Cl)c1C(C)C. The van der Waals surface area contributed by atoms with E-state index in [1.165, 1.54) is 5.56 Å². The van der Waals surface area contributed by atoms with E-state index >= 15 is 0 Å². The van der Waals surface area contributed by atoms with Gasteiger partial charge in [-0.25, -0.2) is 0 Å². The van der Waals surface area contributed by atoms with E-state index in [0.29, 0.717) is 12.0 Å². The standard InChI is InChI=1S/C10H17ClN2/c1-6(2)9-8(5)12-13(7(3)4)10(9)11/h6-7H,1-5H3. The molecule has 13 heavy (non-hydrogen) atoms. The molecule has 0 atom stereocenters. The monoisotopic (exact) mass is 200 g/mol. The number of aryl methyl sites for hydroxylation is 1. The molecule has 0 aliphatic heterocycles. The second-order valence-electron chi connectivity index (χ2n) is 3.98. The van der Waals surface area contributed by atoms with Crippen molar-refractivity contribution in [2.24, 2.45) is 0 Å². The van der Waals surface area contributed by atoms with E-state index in [1.54, 1.807) is 0 Å². The first kappa shape index (κ1) is 10.6. The molecule has 0 amide bonds. The third-order valence-corrected chi connectivity index (χ3v) is 2.51. The van der Waals surface area contributed by atoms with E-state index in [0.717, 1.165) is 10.8 Å². The van der Waals surface area contributed by atoms with Gasteiger partial charge in [0.2, 0.25) is 0 Å². The van der Waals surface area contributed by atoms with E-state index in [-0.39, 0.29) is 0 Å².